The maximum Gasteiger partial charge on any atom is 0.251 e. The van der Waals surface area contributed by atoms with Gasteiger partial charge in [-0.05, 0) is 6.07 Å². The van der Waals surface area contributed by atoms with Gasteiger partial charge in [0.05, 0.1) is 18.9 Å². The molecule has 0 aromatic carbocycles. The summed E-state index contributed by atoms with van der Waals surface area (Å²) in [4.78, 5) is 1.87. The molecule has 3 heterocycles. The highest BCUT2D eigenvalue weighted by molar-refractivity contribution is 5.42. The Morgan fingerprint density at radius 2 is 2.00 bits per heavy atom. The van der Waals surface area contributed by atoms with Crippen LogP contribution in [0, 0.1) is 0 Å². The first kappa shape index (κ1) is 11.8. The van der Waals surface area contributed by atoms with E-state index in [1.54, 1.807) is 0 Å². The summed E-state index contributed by atoms with van der Waals surface area (Å²) < 4.78 is 31.5. The van der Waals surface area contributed by atoms with Crippen molar-refractivity contribution in [2.24, 2.45) is 0 Å². The van der Waals surface area contributed by atoms with Gasteiger partial charge in [-0.15, -0.1) is 5.10 Å². The summed E-state index contributed by atoms with van der Waals surface area (Å²) in [5.74, 6) is -1.84. The van der Waals surface area contributed by atoms with E-state index in [9.17, 15) is 8.78 Å². The number of hydrogen-bond acceptors (Lipinski definition) is 4. The molecule has 98 valence electrons. The second-order valence-corrected chi connectivity index (χ2v) is 4.82. The topological polar surface area (TPSA) is 38.2 Å². The van der Waals surface area contributed by atoms with Crippen LogP contribution in [0.1, 0.15) is 24.1 Å². The molecule has 18 heavy (non-hydrogen) atoms. The van der Waals surface area contributed by atoms with Gasteiger partial charge in [-0.3, -0.25) is 0 Å². The van der Waals surface area contributed by atoms with Crippen LogP contribution in [0.25, 0.3) is 0 Å². The molecule has 0 spiro atoms. The lowest BCUT2D eigenvalue weighted by atomic mass is 10.1. The maximum atomic E-state index is 13.1. The molecule has 0 amide bonds. The molecule has 2 aliphatic heterocycles. The van der Waals surface area contributed by atoms with Gasteiger partial charge in [-0.2, -0.15) is 5.10 Å². The van der Waals surface area contributed by atoms with Crippen LogP contribution in [0.15, 0.2) is 6.07 Å². The third-order valence-corrected chi connectivity index (χ3v) is 3.51. The number of anilines is 1. The highest BCUT2D eigenvalue weighted by Gasteiger charge is 2.34. The number of halogens is 2. The molecule has 0 aliphatic carbocycles. The summed E-state index contributed by atoms with van der Waals surface area (Å²) in [6.45, 7) is 1.89. The first-order valence-electron chi connectivity index (χ1n) is 6.20. The smallest absolute Gasteiger partial charge is 0.251 e. The molecular formula is C12H15F2N3O. The molecular weight excluding hydrogens is 240 g/mol. The summed E-state index contributed by atoms with van der Waals surface area (Å²) in [6, 6.07) is 1.92. The van der Waals surface area contributed by atoms with Crippen molar-refractivity contribution in [2.75, 3.05) is 24.6 Å². The quantitative estimate of drug-likeness (QED) is 0.766. The van der Waals surface area contributed by atoms with Crippen molar-refractivity contribution in [3.8, 4) is 0 Å². The number of ether oxygens (including phenoxy) is 1. The predicted octanol–water partition coefficient (Wildman–Crippen LogP) is 1.78. The zero-order valence-electron chi connectivity index (χ0n) is 10.0. The molecule has 3 rings (SSSR count). The van der Waals surface area contributed by atoms with Crippen molar-refractivity contribution >= 4 is 5.82 Å². The largest absolute Gasteiger partial charge is 0.376 e. The Labute approximate surface area is 104 Å². The van der Waals surface area contributed by atoms with E-state index in [0.29, 0.717) is 32.1 Å². The van der Waals surface area contributed by atoms with Gasteiger partial charge in [0.1, 0.15) is 0 Å². The summed E-state index contributed by atoms with van der Waals surface area (Å²) >= 11 is 0. The van der Waals surface area contributed by atoms with E-state index in [1.807, 2.05) is 11.0 Å². The number of hydrogen-bond donors (Lipinski definition) is 0. The molecule has 1 saturated heterocycles. The number of piperidine rings is 1. The van der Waals surface area contributed by atoms with E-state index in [1.165, 1.54) is 0 Å². The van der Waals surface area contributed by atoms with Gasteiger partial charge >= 0.3 is 0 Å². The first-order valence-corrected chi connectivity index (χ1v) is 6.20. The Kier molecular flexibility index (Phi) is 2.89. The third kappa shape index (κ3) is 2.29. The van der Waals surface area contributed by atoms with E-state index >= 15 is 0 Å². The standard InChI is InChI=1S/C12H15F2N3O/c13-12(14)2-4-17(5-3-12)11-7-9-8-18-6-1-10(9)15-16-11/h7H,1-6,8H2. The second-order valence-electron chi connectivity index (χ2n) is 4.82. The molecule has 6 heteroatoms. The van der Waals surface area contributed by atoms with Crippen molar-refractivity contribution in [3.05, 3.63) is 17.3 Å². The number of aromatic nitrogens is 2. The number of fused-ring (bicyclic) bond motifs is 1. The normalized spacial score (nSPS) is 22.7. The zero-order valence-corrected chi connectivity index (χ0v) is 10.0. The lowest BCUT2D eigenvalue weighted by Gasteiger charge is -2.32. The second kappa shape index (κ2) is 4.42. The van der Waals surface area contributed by atoms with Crippen molar-refractivity contribution in [1.29, 1.82) is 0 Å². The van der Waals surface area contributed by atoms with Gasteiger partial charge in [-0.25, -0.2) is 8.78 Å². The molecule has 0 bridgehead atoms. The van der Waals surface area contributed by atoms with E-state index < -0.39 is 5.92 Å². The lowest BCUT2D eigenvalue weighted by Crippen LogP contribution is -2.40. The molecule has 0 unspecified atom stereocenters. The van der Waals surface area contributed by atoms with Crippen LogP contribution in [0.3, 0.4) is 0 Å². The van der Waals surface area contributed by atoms with Crippen molar-refractivity contribution < 1.29 is 13.5 Å². The SMILES string of the molecule is FC1(F)CCN(c2cc3c(nn2)CCOC3)CC1. The summed E-state index contributed by atoms with van der Waals surface area (Å²) in [5, 5.41) is 8.31. The van der Waals surface area contributed by atoms with Crippen molar-refractivity contribution in [1.82, 2.24) is 10.2 Å². The Morgan fingerprint density at radius 1 is 1.22 bits per heavy atom. The van der Waals surface area contributed by atoms with Gasteiger partial charge in [0.25, 0.3) is 5.92 Å². The van der Waals surface area contributed by atoms with Crippen LogP contribution < -0.4 is 4.90 Å². The van der Waals surface area contributed by atoms with Gasteiger partial charge < -0.3 is 9.64 Å². The summed E-state index contributed by atoms with van der Waals surface area (Å²) in [5.41, 5.74) is 2.00. The van der Waals surface area contributed by atoms with Crippen molar-refractivity contribution in [2.45, 2.75) is 31.8 Å². The Balaban J connectivity index is 1.77. The predicted molar refractivity (Wildman–Crippen MR) is 61.8 cm³/mol. The maximum absolute atomic E-state index is 13.1. The minimum absolute atomic E-state index is 0.109. The Morgan fingerprint density at radius 3 is 2.78 bits per heavy atom. The molecule has 0 N–H and O–H groups in total. The zero-order chi connectivity index (χ0) is 12.6. The van der Waals surface area contributed by atoms with Crippen LogP contribution in [-0.4, -0.2) is 35.8 Å². The van der Waals surface area contributed by atoms with Gasteiger partial charge in [-0.1, -0.05) is 0 Å². The molecule has 1 fully saturated rings. The summed E-state index contributed by atoms with van der Waals surface area (Å²) in [7, 11) is 0. The van der Waals surface area contributed by atoms with Crippen LogP contribution in [-0.2, 0) is 17.8 Å². The van der Waals surface area contributed by atoms with Gasteiger partial charge in [0, 0.05) is 37.9 Å². The lowest BCUT2D eigenvalue weighted by molar-refractivity contribution is -0.0221. The fourth-order valence-electron chi connectivity index (χ4n) is 2.35. The van der Waals surface area contributed by atoms with Gasteiger partial charge in [0.2, 0.25) is 0 Å². The average Bonchev–Trinajstić information content (AvgIpc) is 2.38. The number of nitrogens with zero attached hydrogens (tertiary/aromatic N) is 3. The number of alkyl halides is 2. The third-order valence-electron chi connectivity index (χ3n) is 3.51. The van der Waals surface area contributed by atoms with Crippen LogP contribution in [0.2, 0.25) is 0 Å². The number of rotatable bonds is 1. The molecule has 0 atom stereocenters. The highest BCUT2D eigenvalue weighted by atomic mass is 19.3. The van der Waals surface area contributed by atoms with E-state index in [2.05, 4.69) is 10.2 Å². The van der Waals surface area contributed by atoms with E-state index in [0.717, 1.165) is 17.7 Å². The molecule has 4 nitrogen and oxygen atoms in total. The average molecular weight is 255 g/mol. The fourth-order valence-corrected chi connectivity index (χ4v) is 2.35. The molecule has 2 aliphatic rings. The van der Waals surface area contributed by atoms with E-state index in [-0.39, 0.29) is 12.8 Å². The first-order chi connectivity index (χ1) is 8.64. The van der Waals surface area contributed by atoms with Crippen LogP contribution in [0.5, 0.6) is 0 Å². The summed E-state index contributed by atoms with van der Waals surface area (Å²) in [6.07, 6.45) is 0.561. The minimum atomic E-state index is -2.53. The molecule has 0 saturated carbocycles. The Bertz CT molecular complexity index is 443. The molecule has 1 aromatic heterocycles. The Hall–Kier alpha value is -1.30. The monoisotopic (exact) mass is 255 g/mol. The van der Waals surface area contributed by atoms with Crippen LogP contribution >= 0.6 is 0 Å². The van der Waals surface area contributed by atoms with Gasteiger partial charge in [0.15, 0.2) is 5.82 Å². The molecule has 0 radical (unpaired) electrons. The van der Waals surface area contributed by atoms with Crippen molar-refractivity contribution in [3.63, 3.8) is 0 Å². The molecule has 1 aromatic rings. The van der Waals surface area contributed by atoms with E-state index in [4.69, 9.17) is 4.74 Å². The fraction of sp³-hybridized carbons (Fsp3) is 0.667. The van der Waals surface area contributed by atoms with Crippen LogP contribution in [0.4, 0.5) is 14.6 Å². The minimum Gasteiger partial charge on any atom is -0.376 e. The highest BCUT2D eigenvalue weighted by Crippen LogP contribution is 2.30.